The third kappa shape index (κ3) is 2.50. The van der Waals surface area contributed by atoms with Crippen LogP contribution in [0.25, 0.3) is 5.65 Å². The zero-order chi connectivity index (χ0) is 13.1. The molecular weight excluding hydrogens is 242 g/mol. The molecule has 0 unspecified atom stereocenters. The van der Waals surface area contributed by atoms with E-state index in [1.165, 1.54) is 4.63 Å². The van der Waals surface area contributed by atoms with Crippen LogP contribution in [0.4, 0.5) is 5.82 Å². The molecule has 0 radical (unpaired) electrons. The maximum absolute atomic E-state index is 5.56. The number of nitrogens with zero attached hydrogens (tertiary/aromatic N) is 5. The minimum absolute atomic E-state index is 0.561. The van der Waals surface area contributed by atoms with Crippen molar-refractivity contribution >= 4 is 11.5 Å². The monoisotopic (exact) mass is 255 g/mol. The van der Waals surface area contributed by atoms with Crippen LogP contribution in [-0.4, -0.2) is 25.3 Å². The molecule has 19 heavy (non-hydrogen) atoms. The van der Waals surface area contributed by atoms with Crippen LogP contribution in [0.3, 0.4) is 0 Å². The van der Waals surface area contributed by atoms with Gasteiger partial charge in [-0.3, -0.25) is 0 Å². The molecule has 0 saturated carbocycles. The Balaban J connectivity index is 1.70. The van der Waals surface area contributed by atoms with E-state index in [1.54, 1.807) is 0 Å². The molecule has 0 aliphatic carbocycles. The first-order chi connectivity index (χ1) is 9.35. The normalized spacial score (nSPS) is 10.8. The van der Waals surface area contributed by atoms with Gasteiger partial charge in [0.05, 0.1) is 0 Å². The maximum atomic E-state index is 5.56. The molecule has 0 bridgehead atoms. The van der Waals surface area contributed by atoms with Crippen molar-refractivity contribution in [1.29, 1.82) is 0 Å². The molecule has 0 aliphatic heterocycles. The van der Waals surface area contributed by atoms with Gasteiger partial charge in [0.15, 0.2) is 5.65 Å². The fourth-order valence-corrected chi connectivity index (χ4v) is 1.73. The number of hydrogen-bond acceptors (Lipinski definition) is 6. The summed E-state index contributed by atoms with van der Waals surface area (Å²) in [4.78, 5) is 0. The molecule has 0 saturated heterocycles. The lowest BCUT2D eigenvalue weighted by Crippen LogP contribution is -2.05. The highest BCUT2D eigenvalue weighted by Crippen LogP contribution is 2.08. The number of aromatic nitrogens is 5. The SMILES string of the molecule is NCc1ccc(CNc2ccc3nnnn3n2)cc1. The number of benzene rings is 1. The van der Waals surface area contributed by atoms with Crippen molar-refractivity contribution in [3.8, 4) is 0 Å². The molecule has 0 amide bonds. The smallest absolute Gasteiger partial charge is 0.200 e. The summed E-state index contributed by atoms with van der Waals surface area (Å²) in [5.74, 6) is 0.725. The van der Waals surface area contributed by atoms with Gasteiger partial charge in [0.2, 0.25) is 0 Å². The molecule has 1 aromatic carbocycles. The molecule has 96 valence electrons. The highest BCUT2D eigenvalue weighted by molar-refractivity contribution is 5.42. The number of hydrogen-bond donors (Lipinski definition) is 2. The average Bonchev–Trinajstić information content (AvgIpc) is 2.93. The van der Waals surface area contributed by atoms with Crippen LogP contribution in [0.15, 0.2) is 36.4 Å². The summed E-state index contributed by atoms with van der Waals surface area (Å²) in [7, 11) is 0. The predicted molar refractivity (Wildman–Crippen MR) is 70.2 cm³/mol. The summed E-state index contributed by atoms with van der Waals surface area (Å²) in [6.45, 7) is 1.25. The van der Waals surface area contributed by atoms with Gasteiger partial charge in [-0.2, -0.15) is 0 Å². The highest BCUT2D eigenvalue weighted by Gasteiger charge is 2.00. The van der Waals surface area contributed by atoms with Crippen LogP contribution in [-0.2, 0) is 13.1 Å². The molecule has 3 aromatic rings. The van der Waals surface area contributed by atoms with Gasteiger partial charge in [-0.15, -0.1) is 14.8 Å². The highest BCUT2D eigenvalue weighted by atomic mass is 15.6. The van der Waals surface area contributed by atoms with E-state index in [0.717, 1.165) is 16.9 Å². The van der Waals surface area contributed by atoms with E-state index < -0.39 is 0 Å². The van der Waals surface area contributed by atoms with Crippen LogP contribution in [0, 0.1) is 0 Å². The standard InChI is InChI=1S/C12H13N7/c13-7-9-1-3-10(4-2-9)8-14-11-5-6-12-15-17-18-19(12)16-11/h1-6H,7-8,13H2,(H,14,16). The van der Waals surface area contributed by atoms with Gasteiger partial charge < -0.3 is 11.1 Å². The van der Waals surface area contributed by atoms with E-state index in [9.17, 15) is 0 Å². The Morgan fingerprint density at radius 3 is 2.63 bits per heavy atom. The first kappa shape index (κ1) is 11.5. The molecule has 3 N–H and O–H groups in total. The van der Waals surface area contributed by atoms with Crippen LogP contribution < -0.4 is 11.1 Å². The molecule has 0 atom stereocenters. The van der Waals surface area contributed by atoms with Crippen molar-refractivity contribution in [1.82, 2.24) is 25.3 Å². The molecule has 0 fully saturated rings. The summed E-state index contributed by atoms with van der Waals surface area (Å²) >= 11 is 0. The van der Waals surface area contributed by atoms with E-state index in [-0.39, 0.29) is 0 Å². The molecule has 0 aliphatic rings. The Morgan fingerprint density at radius 2 is 1.84 bits per heavy atom. The topological polar surface area (TPSA) is 94.0 Å². The second-order valence-corrected chi connectivity index (χ2v) is 4.12. The second-order valence-electron chi connectivity index (χ2n) is 4.12. The van der Waals surface area contributed by atoms with Crippen LogP contribution in [0.1, 0.15) is 11.1 Å². The molecule has 0 spiro atoms. The summed E-state index contributed by atoms with van der Waals surface area (Å²) in [6, 6.07) is 11.8. The number of rotatable bonds is 4. The number of tetrazole rings is 1. The lowest BCUT2D eigenvalue weighted by Gasteiger charge is -2.06. The molecule has 7 heteroatoms. The Bertz CT molecular complexity index is 674. The van der Waals surface area contributed by atoms with Gasteiger partial charge in [-0.05, 0) is 33.7 Å². The van der Waals surface area contributed by atoms with E-state index in [1.807, 2.05) is 36.4 Å². The van der Waals surface area contributed by atoms with E-state index in [2.05, 4.69) is 25.9 Å². The van der Waals surface area contributed by atoms with Gasteiger partial charge >= 0.3 is 0 Å². The number of nitrogens with two attached hydrogens (primary N) is 1. The largest absolute Gasteiger partial charge is 0.365 e. The second kappa shape index (κ2) is 4.99. The first-order valence-electron chi connectivity index (χ1n) is 5.92. The van der Waals surface area contributed by atoms with Crippen molar-refractivity contribution in [2.45, 2.75) is 13.1 Å². The molecule has 2 aromatic heterocycles. The van der Waals surface area contributed by atoms with Crippen molar-refractivity contribution in [3.05, 3.63) is 47.5 Å². The zero-order valence-corrected chi connectivity index (χ0v) is 10.2. The lowest BCUT2D eigenvalue weighted by atomic mass is 10.1. The Labute approximate surface area is 109 Å². The lowest BCUT2D eigenvalue weighted by molar-refractivity contribution is 0.734. The summed E-state index contributed by atoms with van der Waals surface area (Å²) in [5.41, 5.74) is 8.47. The number of nitrogens with one attached hydrogen (secondary N) is 1. The minimum Gasteiger partial charge on any atom is -0.365 e. The molecule has 7 nitrogen and oxygen atoms in total. The third-order valence-corrected chi connectivity index (χ3v) is 2.80. The molecule has 3 rings (SSSR count). The maximum Gasteiger partial charge on any atom is 0.200 e. The minimum atomic E-state index is 0.561. The fourth-order valence-electron chi connectivity index (χ4n) is 1.73. The van der Waals surface area contributed by atoms with Crippen molar-refractivity contribution in [3.63, 3.8) is 0 Å². The summed E-state index contributed by atoms with van der Waals surface area (Å²) in [6.07, 6.45) is 0. The van der Waals surface area contributed by atoms with Crippen molar-refractivity contribution in [2.24, 2.45) is 5.73 Å². The fraction of sp³-hybridized carbons (Fsp3) is 0.167. The quantitative estimate of drug-likeness (QED) is 0.708. The Kier molecular flexibility index (Phi) is 3.03. The van der Waals surface area contributed by atoms with Gasteiger partial charge in [0.25, 0.3) is 0 Å². The van der Waals surface area contributed by atoms with Crippen LogP contribution in [0.5, 0.6) is 0 Å². The van der Waals surface area contributed by atoms with Crippen LogP contribution >= 0.6 is 0 Å². The summed E-state index contributed by atoms with van der Waals surface area (Å²) in [5, 5.41) is 18.5. The van der Waals surface area contributed by atoms with Gasteiger partial charge in [0, 0.05) is 13.1 Å². The average molecular weight is 255 g/mol. The van der Waals surface area contributed by atoms with Crippen molar-refractivity contribution in [2.75, 3.05) is 5.32 Å². The molecule has 2 heterocycles. The van der Waals surface area contributed by atoms with E-state index in [0.29, 0.717) is 18.7 Å². The first-order valence-corrected chi connectivity index (χ1v) is 5.92. The van der Waals surface area contributed by atoms with Gasteiger partial charge in [-0.1, -0.05) is 24.3 Å². The third-order valence-electron chi connectivity index (χ3n) is 2.80. The van der Waals surface area contributed by atoms with Gasteiger partial charge in [-0.25, -0.2) is 0 Å². The Hall–Kier alpha value is -2.54. The molecular formula is C12H13N7. The zero-order valence-electron chi connectivity index (χ0n) is 10.2. The van der Waals surface area contributed by atoms with E-state index in [4.69, 9.17) is 5.73 Å². The number of fused-ring (bicyclic) bond motifs is 1. The van der Waals surface area contributed by atoms with Crippen LogP contribution in [0.2, 0.25) is 0 Å². The van der Waals surface area contributed by atoms with Crippen molar-refractivity contribution < 1.29 is 0 Å². The summed E-state index contributed by atoms with van der Waals surface area (Å²) < 4.78 is 1.39. The number of anilines is 1. The Morgan fingerprint density at radius 1 is 1.05 bits per heavy atom. The van der Waals surface area contributed by atoms with Gasteiger partial charge in [0.1, 0.15) is 5.82 Å². The predicted octanol–water partition coefficient (Wildman–Crippen LogP) is 0.590. The van der Waals surface area contributed by atoms with E-state index >= 15 is 0 Å².